The van der Waals surface area contributed by atoms with Crippen molar-refractivity contribution in [3.63, 3.8) is 0 Å². The van der Waals surface area contributed by atoms with Crippen LogP contribution in [0.2, 0.25) is 5.02 Å². The molecule has 0 fully saturated rings. The van der Waals surface area contributed by atoms with E-state index in [9.17, 15) is 4.79 Å². The van der Waals surface area contributed by atoms with Crippen molar-refractivity contribution >= 4 is 17.5 Å². The van der Waals surface area contributed by atoms with E-state index in [1.807, 2.05) is 86.9 Å². The van der Waals surface area contributed by atoms with Gasteiger partial charge in [0.2, 0.25) is 0 Å². The Morgan fingerprint density at radius 1 is 1.00 bits per heavy atom. The average Bonchev–Trinajstić information content (AvgIpc) is 2.77. The minimum atomic E-state index is -0.0955. The lowest BCUT2D eigenvalue weighted by Crippen LogP contribution is -2.31. The molecule has 30 heavy (non-hydrogen) atoms. The van der Waals surface area contributed by atoms with Crippen molar-refractivity contribution in [1.82, 2.24) is 10.2 Å². The Morgan fingerprint density at radius 3 is 2.33 bits per heavy atom. The van der Waals surface area contributed by atoms with E-state index in [-0.39, 0.29) is 11.9 Å². The molecule has 0 unspecified atom stereocenters. The van der Waals surface area contributed by atoms with Crippen LogP contribution in [0.5, 0.6) is 5.75 Å². The van der Waals surface area contributed by atoms with Gasteiger partial charge in [0.15, 0.2) is 0 Å². The molecule has 0 saturated heterocycles. The number of rotatable bonds is 8. The van der Waals surface area contributed by atoms with Crippen LogP contribution in [0.1, 0.15) is 28.4 Å². The van der Waals surface area contributed by atoms with E-state index in [1.165, 1.54) is 0 Å². The van der Waals surface area contributed by atoms with Crippen molar-refractivity contribution in [3.8, 4) is 16.9 Å². The number of nitrogens with zero attached hydrogens (tertiary/aromatic N) is 1. The van der Waals surface area contributed by atoms with Crippen LogP contribution >= 0.6 is 11.6 Å². The van der Waals surface area contributed by atoms with Crippen molar-refractivity contribution in [1.29, 1.82) is 0 Å². The fraction of sp³-hybridized carbons (Fsp3) is 0.240. The molecule has 0 heterocycles. The van der Waals surface area contributed by atoms with Gasteiger partial charge in [-0.1, -0.05) is 48.0 Å². The van der Waals surface area contributed by atoms with Crippen LogP contribution in [-0.4, -0.2) is 38.6 Å². The molecule has 0 aliphatic carbocycles. The normalized spacial score (nSPS) is 11.9. The largest absolute Gasteiger partial charge is 0.497 e. The van der Waals surface area contributed by atoms with E-state index in [0.717, 1.165) is 35.4 Å². The lowest BCUT2D eigenvalue weighted by Gasteiger charge is -2.21. The molecule has 4 nitrogen and oxygen atoms in total. The quantitative estimate of drug-likeness (QED) is 0.525. The molecule has 5 heteroatoms. The summed E-state index contributed by atoms with van der Waals surface area (Å²) in [5, 5.41) is 3.88. The van der Waals surface area contributed by atoms with Gasteiger partial charge in [-0.15, -0.1) is 0 Å². The maximum Gasteiger partial charge on any atom is 0.251 e. The minimum absolute atomic E-state index is 0.0935. The maximum absolute atomic E-state index is 13.1. The van der Waals surface area contributed by atoms with E-state index in [0.29, 0.717) is 10.6 Å². The first-order valence-corrected chi connectivity index (χ1v) is 10.3. The molecule has 0 aliphatic rings. The molecule has 3 aromatic rings. The number of benzene rings is 3. The van der Waals surface area contributed by atoms with Gasteiger partial charge in [0.1, 0.15) is 5.75 Å². The molecular weight excluding hydrogens is 396 g/mol. The Morgan fingerprint density at radius 2 is 1.70 bits per heavy atom. The number of halogens is 1. The molecule has 3 rings (SSSR count). The van der Waals surface area contributed by atoms with Gasteiger partial charge in [-0.2, -0.15) is 0 Å². The third-order valence-corrected chi connectivity index (χ3v) is 5.24. The molecule has 1 N–H and O–H groups in total. The van der Waals surface area contributed by atoms with E-state index in [4.69, 9.17) is 16.3 Å². The van der Waals surface area contributed by atoms with Gasteiger partial charge in [0.05, 0.1) is 13.2 Å². The van der Waals surface area contributed by atoms with Crippen molar-refractivity contribution in [2.75, 3.05) is 27.7 Å². The third-order valence-electron chi connectivity index (χ3n) is 4.99. The predicted molar refractivity (Wildman–Crippen MR) is 123 cm³/mol. The Kier molecular flexibility index (Phi) is 7.50. The molecule has 3 aromatic carbocycles. The monoisotopic (exact) mass is 422 g/mol. The Balaban J connectivity index is 1.80. The zero-order valence-electron chi connectivity index (χ0n) is 17.6. The van der Waals surface area contributed by atoms with Gasteiger partial charge in [0, 0.05) is 10.6 Å². The molecule has 1 amide bonds. The highest BCUT2D eigenvalue weighted by Gasteiger charge is 2.17. The van der Waals surface area contributed by atoms with Gasteiger partial charge in [-0.05, 0) is 80.1 Å². The summed E-state index contributed by atoms with van der Waals surface area (Å²) in [4.78, 5) is 15.2. The van der Waals surface area contributed by atoms with Gasteiger partial charge in [-0.25, -0.2) is 0 Å². The number of hydrogen-bond acceptors (Lipinski definition) is 3. The number of amides is 1. The average molecular weight is 423 g/mol. The first-order valence-electron chi connectivity index (χ1n) is 9.92. The first-order chi connectivity index (χ1) is 14.5. The van der Waals surface area contributed by atoms with Crippen LogP contribution in [0.15, 0.2) is 72.8 Å². The molecular formula is C25H27ClN2O2. The first kappa shape index (κ1) is 21.9. The van der Waals surface area contributed by atoms with E-state index < -0.39 is 0 Å². The van der Waals surface area contributed by atoms with Crippen molar-refractivity contribution in [3.05, 3.63) is 88.9 Å². The van der Waals surface area contributed by atoms with Crippen LogP contribution in [-0.2, 0) is 0 Å². The minimum Gasteiger partial charge on any atom is -0.497 e. The van der Waals surface area contributed by atoms with Crippen LogP contribution in [0.3, 0.4) is 0 Å². The van der Waals surface area contributed by atoms with E-state index >= 15 is 0 Å². The lowest BCUT2D eigenvalue weighted by molar-refractivity contribution is 0.0932. The summed E-state index contributed by atoms with van der Waals surface area (Å²) in [7, 11) is 5.70. The molecule has 156 valence electrons. The number of methoxy groups -OCH3 is 1. The topological polar surface area (TPSA) is 41.6 Å². The smallest absolute Gasteiger partial charge is 0.251 e. The lowest BCUT2D eigenvalue weighted by atomic mass is 10.0. The molecule has 0 bridgehead atoms. The highest BCUT2D eigenvalue weighted by atomic mass is 35.5. The summed E-state index contributed by atoms with van der Waals surface area (Å²) >= 11 is 6.04. The van der Waals surface area contributed by atoms with Gasteiger partial charge < -0.3 is 15.0 Å². The fourth-order valence-corrected chi connectivity index (χ4v) is 3.40. The zero-order chi connectivity index (χ0) is 21.5. The van der Waals surface area contributed by atoms with Crippen molar-refractivity contribution in [2.45, 2.75) is 12.5 Å². The Bertz CT molecular complexity index is 969. The SMILES string of the molecule is COc1ccc(-c2cccc(C(=O)N[C@@H](CCN(C)C)c3ccc(Cl)cc3)c2)cc1. The molecule has 0 saturated carbocycles. The highest BCUT2D eigenvalue weighted by Crippen LogP contribution is 2.24. The number of hydrogen-bond donors (Lipinski definition) is 1. The van der Waals surface area contributed by atoms with Crippen LogP contribution in [0.25, 0.3) is 11.1 Å². The number of carbonyl (C=O) groups is 1. The molecule has 0 aromatic heterocycles. The molecule has 0 spiro atoms. The fourth-order valence-electron chi connectivity index (χ4n) is 3.27. The highest BCUT2D eigenvalue weighted by molar-refractivity contribution is 6.30. The second kappa shape index (κ2) is 10.3. The summed E-state index contributed by atoms with van der Waals surface area (Å²) in [6, 6.07) is 23.0. The van der Waals surface area contributed by atoms with E-state index in [2.05, 4.69) is 10.2 Å². The number of ether oxygens (including phenoxy) is 1. The van der Waals surface area contributed by atoms with Crippen LogP contribution in [0.4, 0.5) is 0 Å². The number of carbonyl (C=O) groups excluding carboxylic acids is 1. The zero-order valence-corrected chi connectivity index (χ0v) is 18.3. The molecule has 1 atom stereocenters. The van der Waals surface area contributed by atoms with Crippen molar-refractivity contribution < 1.29 is 9.53 Å². The summed E-state index contributed by atoms with van der Waals surface area (Å²) in [5.41, 5.74) is 3.70. The van der Waals surface area contributed by atoms with Gasteiger partial charge >= 0.3 is 0 Å². The van der Waals surface area contributed by atoms with Crippen LogP contribution in [0, 0.1) is 0 Å². The number of nitrogens with one attached hydrogen (secondary N) is 1. The standard InChI is InChI=1S/C25H27ClN2O2/c1-28(2)16-15-24(19-7-11-22(26)12-8-19)27-25(29)21-6-4-5-20(17-21)18-9-13-23(30-3)14-10-18/h4-14,17,24H,15-16H2,1-3H3,(H,27,29)/t24-/m0/s1. The molecule has 0 radical (unpaired) electrons. The Hall–Kier alpha value is -2.82. The molecule has 0 aliphatic heterocycles. The summed E-state index contributed by atoms with van der Waals surface area (Å²) in [6.45, 7) is 0.861. The van der Waals surface area contributed by atoms with E-state index in [1.54, 1.807) is 7.11 Å². The second-order valence-corrected chi connectivity index (χ2v) is 7.92. The maximum atomic E-state index is 13.1. The van der Waals surface area contributed by atoms with Gasteiger partial charge in [0.25, 0.3) is 5.91 Å². The van der Waals surface area contributed by atoms with Crippen molar-refractivity contribution in [2.24, 2.45) is 0 Å². The van der Waals surface area contributed by atoms with Crippen LogP contribution < -0.4 is 10.1 Å². The second-order valence-electron chi connectivity index (χ2n) is 7.48. The summed E-state index contributed by atoms with van der Waals surface area (Å²) < 4.78 is 5.22. The Labute approximate surface area is 183 Å². The summed E-state index contributed by atoms with van der Waals surface area (Å²) in [5.74, 6) is 0.711. The van der Waals surface area contributed by atoms with Gasteiger partial charge in [-0.3, -0.25) is 4.79 Å². The predicted octanol–water partition coefficient (Wildman–Crippen LogP) is 5.44. The third kappa shape index (κ3) is 5.85. The summed E-state index contributed by atoms with van der Waals surface area (Å²) in [6.07, 6.45) is 0.804.